The first-order valence-corrected chi connectivity index (χ1v) is 9.83. The summed E-state index contributed by atoms with van der Waals surface area (Å²) in [6.45, 7) is 4.69. The van der Waals surface area contributed by atoms with Crippen LogP contribution in [0, 0.1) is 12.8 Å². The quantitative estimate of drug-likeness (QED) is 0.870. The minimum atomic E-state index is -0.571. The van der Waals surface area contributed by atoms with Crippen LogP contribution in [-0.2, 0) is 6.42 Å². The second-order valence-corrected chi connectivity index (χ2v) is 7.94. The molecule has 1 N–H and O–H groups in total. The van der Waals surface area contributed by atoms with E-state index in [9.17, 15) is 9.90 Å². The Hall–Kier alpha value is -2.05. The number of carbonyl (C=O) groups excluding carboxylic acids is 1. The van der Waals surface area contributed by atoms with Crippen molar-refractivity contribution in [1.29, 1.82) is 0 Å². The predicted octanol–water partition coefficient (Wildman–Crippen LogP) is 2.91. The summed E-state index contributed by atoms with van der Waals surface area (Å²) < 4.78 is 5.25. The van der Waals surface area contributed by atoms with Gasteiger partial charge in [0.15, 0.2) is 0 Å². The first-order chi connectivity index (χ1) is 13.0. The highest BCUT2D eigenvalue weighted by atomic mass is 35.5. The average Bonchev–Trinajstić information content (AvgIpc) is 3.37. The van der Waals surface area contributed by atoms with E-state index in [1.165, 1.54) is 12.8 Å². The fourth-order valence-corrected chi connectivity index (χ4v) is 4.33. The number of β-amino-alcohol motifs (C(OH)–C–C–N with tert-alkyl or cyclic N) is 1. The van der Waals surface area contributed by atoms with Gasteiger partial charge in [-0.2, -0.15) is 0 Å². The molecule has 1 amide bonds. The van der Waals surface area contributed by atoms with Crippen LogP contribution in [0.2, 0.25) is 5.02 Å². The molecule has 6 nitrogen and oxygen atoms in total. The fourth-order valence-electron chi connectivity index (χ4n) is 4.03. The molecule has 2 saturated heterocycles. The topological polar surface area (TPSA) is 69.8 Å². The van der Waals surface area contributed by atoms with Gasteiger partial charge in [-0.15, -0.1) is 0 Å². The molecule has 2 atom stereocenters. The van der Waals surface area contributed by atoms with E-state index >= 15 is 0 Å². The molecule has 27 heavy (non-hydrogen) atoms. The summed E-state index contributed by atoms with van der Waals surface area (Å²) in [5.41, 5.74) is 2.37. The Bertz CT molecular complexity index is 832. The van der Waals surface area contributed by atoms with Crippen molar-refractivity contribution in [3.05, 3.63) is 46.3 Å². The third kappa shape index (κ3) is 3.82. The van der Waals surface area contributed by atoms with Gasteiger partial charge in [-0.25, -0.2) is 0 Å². The number of aliphatic hydroxyl groups is 1. The molecule has 2 aromatic rings. The van der Waals surface area contributed by atoms with E-state index in [4.69, 9.17) is 16.1 Å². The van der Waals surface area contributed by atoms with Crippen LogP contribution >= 0.6 is 11.6 Å². The van der Waals surface area contributed by atoms with Gasteiger partial charge < -0.3 is 19.4 Å². The van der Waals surface area contributed by atoms with Crippen LogP contribution in [0.4, 0.5) is 5.69 Å². The third-order valence-electron chi connectivity index (χ3n) is 5.48. The zero-order valence-corrected chi connectivity index (χ0v) is 16.2. The molecular formula is C20H24ClN3O3. The van der Waals surface area contributed by atoms with Crippen molar-refractivity contribution < 1.29 is 14.4 Å². The van der Waals surface area contributed by atoms with Crippen LogP contribution in [0.15, 0.2) is 28.8 Å². The van der Waals surface area contributed by atoms with Crippen molar-refractivity contribution in [2.75, 3.05) is 31.1 Å². The average molecular weight is 390 g/mol. The first kappa shape index (κ1) is 18.3. The number of aromatic nitrogens is 1. The zero-order valence-electron chi connectivity index (χ0n) is 15.4. The molecule has 3 heterocycles. The maximum Gasteiger partial charge on any atom is 0.254 e. The molecule has 2 aliphatic heterocycles. The Morgan fingerprint density at radius 2 is 2.07 bits per heavy atom. The maximum absolute atomic E-state index is 12.9. The minimum absolute atomic E-state index is 0.0550. The summed E-state index contributed by atoms with van der Waals surface area (Å²) in [5, 5.41) is 14.9. The number of nitrogens with zero attached hydrogens (tertiary/aromatic N) is 3. The normalized spacial score (nSPS) is 22.6. The van der Waals surface area contributed by atoms with Gasteiger partial charge in [0.05, 0.1) is 22.5 Å². The summed E-state index contributed by atoms with van der Waals surface area (Å²) in [6, 6.07) is 7.38. The summed E-state index contributed by atoms with van der Waals surface area (Å²) >= 11 is 6.45. The molecule has 0 bridgehead atoms. The molecule has 0 saturated carbocycles. The van der Waals surface area contributed by atoms with E-state index in [-0.39, 0.29) is 11.8 Å². The minimum Gasteiger partial charge on any atom is -0.391 e. The van der Waals surface area contributed by atoms with Crippen LogP contribution < -0.4 is 4.90 Å². The van der Waals surface area contributed by atoms with E-state index in [0.29, 0.717) is 30.1 Å². The molecule has 144 valence electrons. The van der Waals surface area contributed by atoms with Crippen molar-refractivity contribution in [2.45, 2.75) is 32.3 Å². The predicted molar refractivity (Wildman–Crippen MR) is 103 cm³/mol. The molecule has 4 rings (SSSR count). The standard InChI is InChI=1S/C20H24ClN3O3/c1-13-8-16(27-22-13)9-15-11-24(12-19(15)25)20(26)14-4-5-18(17(21)10-14)23-6-2-3-7-23/h4-5,8,10,15,19,25H,2-3,6-7,9,11-12H2,1H3/t15-,19+/m1/s1. The number of amides is 1. The smallest absolute Gasteiger partial charge is 0.254 e. The Morgan fingerprint density at radius 1 is 1.30 bits per heavy atom. The molecule has 0 radical (unpaired) electrons. The largest absolute Gasteiger partial charge is 0.391 e. The molecule has 2 fully saturated rings. The van der Waals surface area contributed by atoms with Crippen LogP contribution in [0.5, 0.6) is 0 Å². The van der Waals surface area contributed by atoms with Gasteiger partial charge in [0.1, 0.15) is 5.76 Å². The van der Waals surface area contributed by atoms with Gasteiger partial charge in [0, 0.05) is 50.1 Å². The van der Waals surface area contributed by atoms with Gasteiger partial charge in [0.2, 0.25) is 0 Å². The SMILES string of the molecule is Cc1cc(C[C@@H]2CN(C(=O)c3ccc(N4CCCC4)c(Cl)c3)C[C@@H]2O)on1. The van der Waals surface area contributed by atoms with Crippen molar-refractivity contribution in [3.8, 4) is 0 Å². The van der Waals surface area contributed by atoms with Crippen LogP contribution in [0.3, 0.4) is 0 Å². The first-order valence-electron chi connectivity index (χ1n) is 9.45. The van der Waals surface area contributed by atoms with Gasteiger partial charge in [-0.1, -0.05) is 16.8 Å². The third-order valence-corrected chi connectivity index (χ3v) is 5.78. The lowest BCUT2D eigenvalue weighted by Crippen LogP contribution is -2.29. The lowest BCUT2D eigenvalue weighted by atomic mass is 10.0. The monoisotopic (exact) mass is 389 g/mol. The van der Waals surface area contributed by atoms with Crippen molar-refractivity contribution in [3.63, 3.8) is 0 Å². The second-order valence-electron chi connectivity index (χ2n) is 7.54. The Labute approximate surface area is 163 Å². The van der Waals surface area contributed by atoms with Crippen LogP contribution in [-0.4, -0.2) is 53.4 Å². The Balaban J connectivity index is 1.44. The fraction of sp³-hybridized carbons (Fsp3) is 0.500. The summed E-state index contributed by atoms with van der Waals surface area (Å²) in [4.78, 5) is 16.8. The number of anilines is 1. The number of carbonyl (C=O) groups is 1. The van der Waals surface area contributed by atoms with Gasteiger partial charge in [-0.05, 0) is 38.0 Å². The molecule has 0 unspecified atom stereocenters. The van der Waals surface area contributed by atoms with E-state index in [2.05, 4.69) is 10.1 Å². The lowest BCUT2D eigenvalue weighted by molar-refractivity contribution is 0.0764. The molecule has 7 heteroatoms. The highest BCUT2D eigenvalue weighted by Gasteiger charge is 2.35. The number of aryl methyl sites for hydroxylation is 1. The number of aliphatic hydroxyl groups excluding tert-OH is 1. The van der Waals surface area contributed by atoms with Crippen molar-refractivity contribution >= 4 is 23.2 Å². The molecule has 1 aromatic heterocycles. The summed E-state index contributed by atoms with van der Waals surface area (Å²) in [5.74, 6) is 0.588. The lowest BCUT2D eigenvalue weighted by Gasteiger charge is -2.21. The molecular weight excluding hydrogens is 366 g/mol. The van der Waals surface area contributed by atoms with E-state index in [1.54, 1.807) is 11.0 Å². The molecule has 1 aromatic carbocycles. The summed E-state index contributed by atoms with van der Waals surface area (Å²) in [7, 11) is 0. The molecule has 0 aliphatic carbocycles. The summed E-state index contributed by atoms with van der Waals surface area (Å²) in [6.07, 6.45) is 2.35. The van der Waals surface area contributed by atoms with E-state index in [0.717, 1.165) is 30.2 Å². The van der Waals surface area contributed by atoms with Crippen molar-refractivity contribution in [2.24, 2.45) is 5.92 Å². The van der Waals surface area contributed by atoms with Crippen molar-refractivity contribution in [1.82, 2.24) is 10.1 Å². The van der Waals surface area contributed by atoms with E-state index in [1.807, 2.05) is 25.1 Å². The number of hydrogen-bond acceptors (Lipinski definition) is 5. The van der Waals surface area contributed by atoms with Gasteiger partial charge in [0.25, 0.3) is 5.91 Å². The van der Waals surface area contributed by atoms with Gasteiger partial charge >= 0.3 is 0 Å². The van der Waals surface area contributed by atoms with Crippen LogP contribution in [0.25, 0.3) is 0 Å². The number of likely N-dealkylation sites (tertiary alicyclic amines) is 1. The Morgan fingerprint density at radius 3 is 2.74 bits per heavy atom. The number of hydrogen-bond donors (Lipinski definition) is 1. The second kappa shape index (κ2) is 7.52. The van der Waals surface area contributed by atoms with Crippen LogP contribution in [0.1, 0.15) is 34.7 Å². The maximum atomic E-state index is 12.9. The highest BCUT2D eigenvalue weighted by molar-refractivity contribution is 6.33. The molecule has 0 spiro atoms. The number of halogens is 1. The Kier molecular flexibility index (Phi) is 5.10. The number of benzene rings is 1. The number of rotatable bonds is 4. The highest BCUT2D eigenvalue weighted by Crippen LogP contribution is 2.31. The van der Waals surface area contributed by atoms with Gasteiger partial charge in [-0.3, -0.25) is 4.79 Å². The molecule has 2 aliphatic rings. The zero-order chi connectivity index (χ0) is 19.0. The van der Waals surface area contributed by atoms with E-state index < -0.39 is 6.10 Å².